The van der Waals surface area contributed by atoms with Crippen LogP contribution in [-0.2, 0) is 14.8 Å². The highest BCUT2D eigenvalue weighted by Crippen LogP contribution is 2.38. The van der Waals surface area contributed by atoms with Gasteiger partial charge in [0.15, 0.2) is 11.6 Å². The summed E-state index contributed by atoms with van der Waals surface area (Å²) >= 11 is 0. The monoisotopic (exact) mass is 539 g/mol. The minimum atomic E-state index is -4.11. The maximum absolute atomic E-state index is 13.6. The van der Waals surface area contributed by atoms with Gasteiger partial charge in [0, 0.05) is 37.5 Å². The van der Waals surface area contributed by atoms with Crippen LogP contribution in [0.15, 0.2) is 49.1 Å². The van der Waals surface area contributed by atoms with Crippen molar-refractivity contribution in [3.05, 3.63) is 66.0 Å². The molecule has 0 aliphatic carbocycles. The summed E-state index contributed by atoms with van der Waals surface area (Å²) < 4.78 is 48.1. The number of hydrogen-bond acceptors (Lipinski definition) is 10. The average molecular weight is 540 g/mol. The molecule has 3 aromatic heterocycles. The fraction of sp³-hybridized carbons (Fsp3) is 0.320. The molecule has 0 radical (unpaired) electrons. The van der Waals surface area contributed by atoms with Gasteiger partial charge >= 0.3 is 0 Å². The van der Waals surface area contributed by atoms with E-state index in [9.17, 15) is 8.42 Å². The van der Waals surface area contributed by atoms with Gasteiger partial charge < -0.3 is 14.2 Å². The maximum Gasteiger partial charge on any atom is 0.243 e. The van der Waals surface area contributed by atoms with Crippen molar-refractivity contribution in [1.82, 2.24) is 29.7 Å². The highest BCUT2D eigenvalue weighted by Gasteiger charge is 2.35. The Labute approximate surface area is 221 Å². The molecule has 4 aromatic rings. The van der Waals surface area contributed by atoms with Gasteiger partial charge in [-0.3, -0.25) is 14.3 Å². The molecule has 1 N–H and O–H groups in total. The summed E-state index contributed by atoms with van der Waals surface area (Å²) in [5.74, 6) is 1.34. The zero-order valence-electron chi connectivity index (χ0n) is 21.9. The van der Waals surface area contributed by atoms with Crippen molar-refractivity contribution in [3.63, 3.8) is 0 Å². The Morgan fingerprint density at radius 3 is 2.16 bits per heavy atom. The van der Waals surface area contributed by atoms with E-state index >= 15 is 0 Å². The molecule has 0 saturated carbocycles. The number of pyridine rings is 1. The maximum atomic E-state index is 13.6. The third kappa shape index (κ3) is 5.29. The van der Waals surface area contributed by atoms with Gasteiger partial charge in [-0.1, -0.05) is 6.07 Å². The van der Waals surface area contributed by atoms with Crippen LogP contribution >= 0.6 is 0 Å². The Balaban J connectivity index is 1.84. The van der Waals surface area contributed by atoms with Gasteiger partial charge in [0.2, 0.25) is 16.0 Å². The predicted octanol–water partition coefficient (Wildman–Crippen LogP) is 3.27. The van der Waals surface area contributed by atoms with E-state index in [2.05, 4.69) is 29.9 Å². The van der Waals surface area contributed by atoms with Crippen molar-refractivity contribution < 1.29 is 22.6 Å². The van der Waals surface area contributed by atoms with Crippen molar-refractivity contribution in [2.24, 2.45) is 0 Å². The number of nitrogens with zero attached hydrogens (tertiary/aromatic N) is 6. The highest BCUT2D eigenvalue weighted by atomic mass is 32.2. The number of nitrogens with one attached hydrogen (secondary N) is 1. The summed E-state index contributed by atoms with van der Waals surface area (Å²) in [6.07, 6.45) is 5.59. The lowest BCUT2D eigenvalue weighted by Gasteiger charge is -2.23. The molecule has 2 atom stereocenters. The van der Waals surface area contributed by atoms with E-state index in [0.29, 0.717) is 28.6 Å². The van der Waals surface area contributed by atoms with Crippen LogP contribution in [0, 0.1) is 13.8 Å². The second kappa shape index (κ2) is 11.1. The molecular formula is C25H29N7O5S. The van der Waals surface area contributed by atoms with Crippen LogP contribution in [0.25, 0.3) is 17.1 Å². The van der Waals surface area contributed by atoms with Crippen molar-refractivity contribution in [2.45, 2.75) is 32.1 Å². The fourth-order valence-electron chi connectivity index (χ4n) is 3.92. The summed E-state index contributed by atoms with van der Waals surface area (Å²) in [6, 6.07) is 7.08. The molecule has 0 bridgehead atoms. The molecule has 0 fully saturated rings. The van der Waals surface area contributed by atoms with Gasteiger partial charge in [-0.2, -0.15) is 0 Å². The molecule has 0 aliphatic heterocycles. The molecule has 200 valence electrons. The van der Waals surface area contributed by atoms with Crippen LogP contribution in [0.3, 0.4) is 0 Å². The molecule has 0 saturated heterocycles. The van der Waals surface area contributed by atoms with Gasteiger partial charge in [0.1, 0.15) is 28.5 Å². The molecule has 38 heavy (non-hydrogen) atoms. The van der Waals surface area contributed by atoms with E-state index in [1.165, 1.54) is 32.8 Å². The largest absolute Gasteiger partial charge is 0.494 e. The third-order valence-corrected chi connectivity index (χ3v) is 7.57. The lowest BCUT2D eigenvalue weighted by molar-refractivity contribution is 0.0949. The first-order chi connectivity index (χ1) is 18.2. The van der Waals surface area contributed by atoms with Gasteiger partial charge in [-0.05, 0) is 50.1 Å². The number of benzene rings is 1. The zero-order chi connectivity index (χ0) is 27.4. The van der Waals surface area contributed by atoms with Crippen LogP contribution in [0.2, 0.25) is 0 Å². The molecule has 0 spiro atoms. The van der Waals surface area contributed by atoms with Gasteiger partial charge in [0.05, 0.1) is 14.2 Å². The number of aryl methyl sites for hydroxylation is 2. The molecule has 3 heterocycles. The number of sulfonamides is 1. The molecule has 1 aromatic carbocycles. The van der Waals surface area contributed by atoms with E-state index in [1.807, 2.05) is 19.9 Å². The van der Waals surface area contributed by atoms with Crippen molar-refractivity contribution in [3.8, 4) is 28.6 Å². The van der Waals surface area contributed by atoms with Crippen molar-refractivity contribution >= 4 is 16.0 Å². The van der Waals surface area contributed by atoms with Gasteiger partial charge in [-0.15, -0.1) is 10.2 Å². The van der Waals surface area contributed by atoms with Crippen molar-refractivity contribution in [2.75, 3.05) is 26.1 Å². The third-order valence-electron chi connectivity index (χ3n) is 5.88. The Morgan fingerprint density at radius 2 is 1.58 bits per heavy atom. The lowest BCUT2D eigenvalue weighted by atomic mass is 10.2. The van der Waals surface area contributed by atoms with Crippen LogP contribution < -0.4 is 14.2 Å². The zero-order valence-corrected chi connectivity index (χ0v) is 22.7. The second-order valence-electron chi connectivity index (χ2n) is 8.57. The normalized spacial score (nSPS) is 13.1. The number of rotatable bonds is 10. The number of anilines is 1. The first-order valence-electron chi connectivity index (χ1n) is 11.6. The smallest absolute Gasteiger partial charge is 0.243 e. The van der Waals surface area contributed by atoms with E-state index in [1.54, 1.807) is 43.0 Å². The van der Waals surface area contributed by atoms with Gasteiger partial charge in [0.25, 0.3) is 0 Å². The standard InChI is InChI=1S/C25H29N7O5S/c1-15-10-18(14-26-11-15)24-29-30-25(32(24)21-19(35-4)8-7-9-20(21)36-5)31-38(33,34)17(3)22(37-6)23-27-12-16(2)13-28-23/h7-14,17,22H,1-6H3,(H,30,31)/t17-,22-/m1/s1. The van der Waals surface area contributed by atoms with Crippen molar-refractivity contribution in [1.29, 1.82) is 0 Å². The summed E-state index contributed by atoms with van der Waals surface area (Å²) in [5.41, 5.74) is 2.76. The SMILES string of the molecule is COc1cccc(OC)c1-n1c(NS(=O)(=O)[C@H](C)[C@@H](OC)c2ncc(C)cn2)nnc1-c1cncc(C)c1. The molecular weight excluding hydrogens is 510 g/mol. The molecule has 12 nitrogen and oxygen atoms in total. The predicted molar refractivity (Wildman–Crippen MR) is 141 cm³/mol. The molecule has 0 amide bonds. The Bertz CT molecular complexity index is 1500. The van der Waals surface area contributed by atoms with E-state index in [4.69, 9.17) is 14.2 Å². The van der Waals surface area contributed by atoms with Crippen LogP contribution in [0.4, 0.5) is 5.95 Å². The quantitative estimate of drug-likeness (QED) is 0.319. The summed E-state index contributed by atoms with van der Waals surface area (Å²) in [5, 5.41) is 7.41. The molecule has 0 unspecified atom stereocenters. The fourth-order valence-corrected chi connectivity index (χ4v) is 5.05. The number of aromatic nitrogens is 6. The average Bonchev–Trinajstić information content (AvgIpc) is 3.31. The van der Waals surface area contributed by atoms with Crippen LogP contribution in [0.5, 0.6) is 11.5 Å². The number of methoxy groups -OCH3 is 3. The first kappa shape index (κ1) is 26.9. The lowest BCUT2D eigenvalue weighted by Crippen LogP contribution is -2.33. The summed E-state index contributed by atoms with van der Waals surface area (Å²) in [6.45, 7) is 5.24. The molecule has 4 rings (SSSR count). The summed E-state index contributed by atoms with van der Waals surface area (Å²) in [4.78, 5) is 12.8. The minimum Gasteiger partial charge on any atom is -0.494 e. The highest BCUT2D eigenvalue weighted by molar-refractivity contribution is 7.93. The summed E-state index contributed by atoms with van der Waals surface area (Å²) in [7, 11) is 0.317. The number of para-hydroxylation sites is 1. The van der Waals surface area contributed by atoms with Crippen LogP contribution in [0.1, 0.15) is 30.0 Å². The second-order valence-corrected chi connectivity index (χ2v) is 10.6. The Kier molecular flexibility index (Phi) is 7.88. The molecule has 13 heteroatoms. The minimum absolute atomic E-state index is 0.0733. The molecule has 0 aliphatic rings. The van der Waals surface area contributed by atoms with E-state index in [0.717, 1.165) is 11.1 Å². The number of hydrogen-bond donors (Lipinski definition) is 1. The van der Waals surface area contributed by atoms with Gasteiger partial charge in [-0.25, -0.2) is 18.4 Å². The Hall–Kier alpha value is -4.10. The topological polar surface area (TPSA) is 143 Å². The van der Waals surface area contributed by atoms with E-state index < -0.39 is 21.4 Å². The Morgan fingerprint density at radius 1 is 0.921 bits per heavy atom. The number of ether oxygens (including phenoxy) is 3. The van der Waals surface area contributed by atoms with Crippen LogP contribution in [-0.4, -0.2) is 64.7 Å². The van der Waals surface area contributed by atoms with E-state index in [-0.39, 0.29) is 11.8 Å². The first-order valence-corrected chi connectivity index (χ1v) is 13.2.